The molecule has 3 atom stereocenters. The summed E-state index contributed by atoms with van der Waals surface area (Å²) < 4.78 is 5.32. The fourth-order valence-corrected chi connectivity index (χ4v) is 2.03. The number of rotatable bonds is 5. The van der Waals surface area contributed by atoms with Gasteiger partial charge in [0.15, 0.2) is 0 Å². The molecule has 2 fully saturated rings. The highest BCUT2D eigenvalue weighted by atomic mass is 16.5. The van der Waals surface area contributed by atoms with Crippen molar-refractivity contribution in [2.75, 3.05) is 26.6 Å². The van der Waals surface area contributed by atoms with E-state index in [-0.39, 0.29) is 38.1 Å². The molecule has 0 saturated carbocycles. The number of ether oxygens (including phenoxy) is 1. The standard InChI is InChI=1S/C9H19N5O4/c10-9-12-7-6(8(17)13-9)11-3-14(7)4-18-5(1-15)2-16/h5-7,9,11-12,15-16H,1-4,10H2,(H,13,17). The quantitative estimate of drug-likeness (QED) is 0.294. The van der Waals surface area contributed by atoms with Crippen LogP contribution >= 0.6 is 0 Å². The van der Waals surface area contributed by atoms with Crippen LogP contribution in [-0.4, -0.2) is 72.2 Å². The van der Waals surface area contributed by atoms with Gasteiger partial charge in [-0.15, -0.1) is 0 Å². The molecule has 9 nitrogen and oxygen atoms in total. The maximum Gasteiger partial charge on any atom is 0.242 e. The Morgan fingerprint density at radius 3 is 2.89 bits per heavy atom. The lowest BCUT2D eigenvalue weighted by Gasteiger charge is -2.35. The average molecular weight is 261 g/mol. The Bertz CT molecular complexity index is 301. The van der Waals surface area contributed by atoms with Gasteiger partial charge in [0.2, 0.25) is 5.91 Å². The van der Waals surface area contributed by atoms with E-state index >= 15 is 0 Å². The van der Waals surface area contributed by atoms with E-state index in [1.807, 2.05) is 4.90 Å². The van der Waals surface area contributed by atoms with E-state index < -0.39 is 12.4 Å². The Hall–Kier alpha value is -0.810. The van der Waals surface area contributed by atoms with Gasteiger partial charge < -0.3 is 20.3 Å². The Morgan fingerprint density at radius 2 is 2.22 bits per heavy atom. The van der Waals surface area contributed by atoms with E-state index in [9.17, 15) is 4.79 Å². The normalized spacial score (nSPS) is 32.7. The second kappa shape index (κ2) is 5.89. The van der Waals surface area contributed by atoms with Crippen molar-refractivity contribution in [1.29, 1.82) is 0 Å². The second-order valence-electron chi connectivity index (χ2n) is 4.31. The minimum Gasteiger partial charge on any atom is -0.394 e. The monoisotopic (exact) mass is 261 g/mol. The number of aliphatic hydroxyl groups excluding tert-OH is 2. The lowest BCUT2D eigenvalue weighted by molar-refractivity contribution is -0.128. The van der Waals surface area contributed by atoms with Gasteiger partial charge in [0.25, 0.3) is 0 Å². The molecule has 0 aromatic rings. The van der Waals surface area contributed by atoms with Gasteiger partial charge in [-0.05, 0) is 0 Å². The van der Waals surface area contributed by atoms with Crippen molar-refractivity contribution < 1.29 is 19.7 Å². The van der Waals surface area contributed by atoms with E-state index in [1.54, 1.807) is 0 Å². The van der Waals surface area contributed by atoms with Crippen molar-refractivity contribution in [3.8, 4) is 0 Å². The first-order valence-corrected chi connectivity index (χ1v) is 5.78. The maximum atomic E-state index is 11.6. The predicted octanol–water partition coefficient (Wildman–Crippen LogP) is -4.17. The average Bonchev–Trinajstić information content (AvgIpc) is 2.74. The number of carbonyl (C=O) groups excluding carboxylic acids is 1. The van der Waals surface area contributed by atoms with Crippen molar-refractivity contribution in [1.82, 2.24) is 20.9 Å². The van der Waals surface area contributed by atoms with Crippen LogP contribution in [-0.2, 0) is 9.53 Å². The SMILES string of the molecule is NC1NC(=O)C2NCN(COC(CO)CO)C2N1. The summed E-state index contributed by atoms with van der Waals surface area (Å²) >= 11 is 0. The molecule has 2 rings (SSSR count). The van der Waals surface area contributed by atoms with Gasteiger partial charge >= 0.3 is 0 Å². The minimum absolute atomic E-state index is 0.158. The van der Waals surface area contributed by atoms with Gasteiger partial charge in [0.1, 0.15) is 25.2 Å². The number of hydrogen-bond donors (Lipinski definition) is 6. The van der Waals surface area contributed by atoms with Crippen LogP contribution in [0.4, 0.5) is 0 Å². The summed E-state index contributed by atoms with van der Waals surface area (Å²) in [5.74, 6) is -0.158. The highest BCUT2D eigenvalue weighted by Crippen LogP contribution is 2.13. The van der Waals surface area contributed by atoms with Crippen LogP contribution in [0, 0.1) is 0 Å². The number of carbonyl (C=O) groups is 1. The molecular weight excluding hydrogens is 242 g/mol. The van der Waals surface area contributed by atoms with Crippen LogP contribution in [0.2, 0.25) is 0 Å². The first kappa shape index (κ1) is 13.6. The van der Waals surface area contributed by atoms with Crippen LogP contribution in [0.1, 0.15) is 0 Å². The number of fused-ring (bicyclic) bond motifs is 1. The molecule has 0 aliphatic carbocycles. The summed E-state index contributed by atoms with van der Waals surface area (Å²) in [6, 6.07) is -0.380. The zero-order valence-corrected chi connectivity index (χ0v) is 9.87. The summed E-state index contributed by atoms with van der Waals surface area (Å²) in [5, 5.41) is 26.4. The maximum absolute atomic E-state index is 11.6. The van der Waals surface area contributed by atoms with Gasteiger partial charge in [0, 0.05) is 0 Å². The predicted molar refractivity (Wildman–Crippen MR) is 60.6 cm³/mol. The molecule has 3 unspecified atom stereocenters. The van der Waals surface area contributed by atoms with Crippen molar-refractivity contribution in [2.24, 2.45) is 5.73 Å². The van der Waals surface area contributed by atoms with Crippen LogP contribution in [0.15, 0.2) is 0 Å². The van der Waals surface area contributed by atoms with Crippen molar-refractivity contribution in [2.45, 2.75) is 24.6 Å². The molecule has 2 heterocycles. The molecule has 0 spiro atoms. The summed E-state index contributed by atoms with van der Waals surface area (Å²) in [4.78, 5) is 13.5. The lowest BCUT2D eigenvalue weighted by Crippen LogP contribution is -2.70. The third-order valence-electron chi connectivity index (χ3n) is 3.04. The van der Waals surface area contributed by atoms with Crippen LogP contribution < -0.4 is 21.7 Å². The van der Waals surface area contributed by atoms with Gasteiger partial charge in [-0.3, -0.25) is 26.1 Å². The molecule has 0 aromatic heterocycles. The Balaban J connectivity index is 1.89. The fourth-order valence-electron chi connectivity index (χ4n) is 2.03. The number of nitrogens with two attached hydrogens (primary N) is 1. The van der Waals surface area contributed by atoms with E-state index in [2.05, 4.69) is 16.0 Å². The number of amides is 1. The zero-order chi connectivity index (χ0) is 13.1. The molecule has 18 heavy (non-hydrogen) atoms. The van der Waals surface area contributed by atoms with Crippen LogP contribution in [0.25, 0.3) is 0 Å². The molecule has 0 aromatic carbocycles. The molecule has 9 heteroatoms. The Labute approximate surface area is 104 Å². The summed E-state index contributed by atoms with van der Waals surface area (Å²) in [6.07, 6.45) is -1.46. The molecule has 104 valence electrons. The van der Waals surface area contributed by atoms with Crippen LogP contribution in [0.3, 0.4) is 0 Å². The topological polar surface area (TPSA) is 132 Å². The molecule has 7 N–H and O–H groups in total. The van der Waals surface area contributed by atoms with Crippen molar-refractivity contribution >= 4 is 5.91 Å². The first-order valence-electron chi connectivity index (χ1n) is 5.78. The number of aliphatic hydroxyl groups is 2. The van der Waals surface area contributed by atoms with E-state index in [4.69, 9.17) is 20.7 Å². The zero-order valence-electron chi connectivity index (χ0n) is 9.87. The highest BCUT2D eigenvalue weighted by Gasteiger charge is 2.42. The van der Waals surface area contributed by atoms with E-state index in [1.165, 1.54) is 0 Å². The summed E-state index contributed by atoms with van der Waals surface area (Å²) in [6.45, 7) is 0.150. The molecule has 1 amide bonds. The third-order valence-corrected chi connectivity index (χ3v) is 3.04. The number of hydrogen-bond acceptors (Lipinski definition) is 8. The molecule has 2 aliphatic rings. The highest BCUT2D eigenvalue weighted by molar-refractivity contribution is 5.83. The van der Waals surface area contributed by atoms with Gasteiger partial charge in [-0.2, -0.15) is 0 Å². The third kappa shape index (κ3) is 2.78. The fraction of sp³-hybridized carbons (Fsp3) is 0.889. The summed E-state index contributed by atoms with van der Waals surface area (Å²) in [7, 11) is 0. The van der Waals surface area contributed by atoms with Gasteiger partial charge in [-0.25, -0.2) is 0 Å². The number of nitrogens with zero attached hydrogens (tertiary/aromatic N) is 1. The Morgan fingerprint density at radius 1 is 1.50 bits per heavy atom. The van der Waals surface area contributed by atoms with Gasteiger partial charge in [0.05, 0.1) is 26.0 Å². The molecule has 0 bridgehead atoms. The lowest BCUT2D eigenvalue weighted by atomic mass is 10.2. The largest absolute Gasteiger partial charge is 0.394 e. The smallest absolute Gasteiger partial charge is 0.242 e. The van der Waals surface area contributed by atoms with E-state index in [0.29, 0.717) is 6.67 Å². The molecule has 2 saturated heterocycles. The molecule has 2 aliphatic heterocycles. The minimum atomic E-state index is -0.616. The number of nitrogens with one attached hydrogen (secondary N) is 3. The van der Waals surface area contributed by atoms with Crippen LogP contribution in [0.5, 0.6) is 0 Å². The molecular formula is C9H19N5O4. The van der Waals surface area contributed by atoms with Gasteiger partial charge in [-0.1, -0.05) is 0 Å². The second-order valence-corrected chi connectivity index (χ2v) is 4.31. The molecule has 0 radical (unpaired) electrons. The van der Waals surface area contributed by atoms with Crippen molar-refractivity contribution in [3.63, 3.8) is 0 Å². The Kier molecular flexibility index (Phi) is 4.45. The van der Waals surface area contributed by atoms with Crippen molar-refractivity contribution in [3.05, 3.63) is 0 Å². The van der Waals surface area contributed by atoms with E-state index in [0.717, 1.165) is 0 Å². The summed E-state index contributed by atoms with van der Waals surface area (Å²) in [5.41, 5.74) is 5.63. The first-order chi connectivity index (χ1) is 8.65.